The van der Waals surface area contributed by atoms with Crippen molar-refractivity contribution in [3.05, 3.63) is 35.9 Å². The van der Waals surface area contributed by atoms with Gasteiger partial charge in [-0.15, -0.1) is 0 Å². The first kappa shape index (κ1) is 10.1. The van der Waals surface area contributed by atoms with Crippen molar-refractivity contribution in [3.8, 4) is 0 Å². The molecule has 0 aromatic heterocycles. The maximum Gasteiger partial charge on any atom is 0.333 e. The molecule has 1 heterocycles. The molecule has 0 bridgehead atoms. The molecule has 4 nitrogen and oxygen atoms in total. The molecule has 1 fully saturated rings. The van der Waals surface area contributed by atoms with Gasteiger partial charge >= 0.3 is 5.97 Å². The van der Waals surface area contributed by atoms with Crippen LogP contribution in [0, 0.1) is 0 Å². The second kappa shape index (κ2) is 4.42. The molecule has 1 aliphatic heterocycles. The van der Waals surface area contributed by atoms with Crippen molar-refractivity contribution in [1.82, 2.24) is 0 Å². The van der Waals surface area contributed by atoms with Crippen molar-refractivity contribution in [2.24, 2.45) is 0 Å². The molecule has 4 heteroatoms. The smallest absolute Gasteiger partial charge is 0.333 e. The minimum Gasteiger partial charge on any atom is -0.479 e. The molecule has 2 atom stereocenters. The summed E-state index contributed by atoms with van der Waals surface area (Å²) in [6.45, 7) is 0.413. The van der Waals surface area contributed by atoms with Gasteiger partial charge in [0, 0.05) is 12.0 Å². The number of benzene rings is 1. The highest BCUT2D eigenvalue weighted by Gasteiger charge is 2.28. The molecule has 0 aliphatic carbocycles. The lowest BCUT2D eigenvalue weighted by Gasteiger charge is -2.27. The van der Waals surface area contributed by atoms with Crippen molar-refractivity contribution < 1.29 is 19.4 Å². The average Bonchev–Trinajstić information content (AvgIpc) is 2.30. The van der Waals surface area contributed by atoms with E-state index in [1.165, 1.54) is 0 Å². The maximum absolute atomic E-state index is 10.8. The Labute approximate surface area is 87.4 Å². The fourth-order valence-electron chi connectivity index (χ4n) is 1.51. The van der Waals surface area contributed by atoms with E-state index in [4.69, 9.17) is 14.6 Å². The topological polar surface area (TPSA) is 55.8 Å². The number of hydrogen-bond acceptors (Lipinski definition) is 3. The molecule has 1 saturated heterocycles. The Morgan fingerprint density at radius 2 is 2.07 bits per heavy atom. The summed E-state index contributed by atoms with van der Waals surface area (Å²) in [5.41, 5.74) is 0.850. The Hall–Kier alpha value is -1.39. The summed E-state index contributed by atoms with van der Waals surface area (Å²) >= 11 is 0. The molecule has 0 spiro atoms. The van der Waals surface area contributed by atoms with Crippen molar-refractivity contribution >= 4 is 5.97 Å². The van der Waals surface area contributed by atoms with Crippen LogP contribution in [-0.4, -0.2) is 23.8 Å². The van der Waals surface area contributed by atoms with E-state index in [-0.39, 0.29) is 0 Å². The van der Waals surface area contributed by atoms with Gasteiger partial charge < -0.3 is 14.6 Å². The van der Waals surface area contributed by atoms with Gasteiger partial charge in [0.25, 0.3) is 0 Å². The van der Waals surface area contributed by atoms with Crippen molar-refractivity contribution in [2.75, 3.05) is 6.61 Å². The number of ether oxygens (including phenoxy) is 2. The summed E-state index contributed by atoms with van der Waals surface area (Å²) in [5.74, 6) is -0.931. The van der Waals surface area contributed by atoms with Crippen LogP contribution in [0.25, 0.3) is 0 Å². The Morgan fingerprint density at radius 3 is 2.73 bits per heavy atom. The van der Waals surface area contributed by atoms with Crippen LogP contribution < -0.4 is 0 Å². The van der Waals surface area contributed by atoms with Crippen LogP contribution in [0.15, 0.2) is 30.3 Å². The van der Waals surface area contributed by atoms with Crippen LogP contribution >= 0.6 is 0 Å². The van der Waals surface area contributed by atoms with E-state index in [1.54, 1.807) is 0 Å². The number of carboxylic acid groups (broad SMARTS) is 1. The number of carbonyl (C=O) groups is 1. The molecule has 1 aromatic carbocycles. The zero-order valence-electron chi connectivity index (χ0n) is 8.13. The molecule has 0 amide bonds. The van der Waals surface area contributed by atoms with Gasteiger partial charge in [-0.1, -0.05) is 30.3 Å². The number of hydrogen-bond donors (Lipinski definition) is 1. The first-order chi connectivity index (χ1) is 7.27. The van der Waals surface area contributed by atoms with Crippen LogP contribution in [0.1, 0.15) is 18.3 Å². The van der Waals surface area contributed by atoms with Crippen LogP contribution in [0.4, 0.5) is 0 Å². The third-order valence-electron chi connectivity index (χ3n) is 2.28. The normalized spacial score (nSPS) is 26.1. The standard InChI is InChI=1S/C11H12O4/c12-10(13)9-6-7-14-11(15-9)8-4-2-1-3-5-8/h1-5,9,11H,6-7H2,(H,12,13)/t9-,11-/m0/s1. The second-order valence-electron chi connectivity index (χ2n) is 3.37. The SMILES string of the molecule is O=C(O)[C@@H]1CCO[C@H](c2ccccc2)O1. The van der Waals surface area contributed by atoms with Gasteiger partial charge in [-0.25, -0.2) is 4.79 Å². The lowest BCUT2D eigenvalue weighted by atomic mass is 10.2. The zero-order chi connectivity index (χ0) is 10.7. The van der Waals surface area contributed by atoms with Crippen LogP contribution in [0.5, 0.6) is 0 Å². The van der Waals surface area contributed by atoms with Gasteiger partial charge in [0.1, 0.15) is 0 Å². The largest absolute Gasteiger partial charge is 0.479 e. The average molecular weight is 208 g/mol. The summed E-state index contributed by atoms with van der Waals surface area (Å²) in [6, 6.07) is 9.34. The predicted octanol–water partition coefficient (Wildman–Crippen LogP) is 1.58. The minimum absolute atomic E-state index is 0.401. The molecule has 2 rings (SSSR count). The van der Waals surface area contributed by atoms with Gasteiger partial charge in [0.05, 0.1) is 6.61 Å². The monoisotopic (exact) mass is 208 g/mol. The second-order valence-corrected chi connectivity index (χ2v) is 3.37. The van der Waals surface area contributed by atoms with E-state index in [0.717, 1.165) is 5.56 Å². The molecular formula is C11H12O4. The fourth-order valence-corrected chi connectivity index (χ4v) is 1.51. The lowest BCUT2D eigenvalue weighted by Crippen LogP contribution is -2.33. The molecule has 1 N–H and O–H groups in total. The number of carboxylic acids is 1. The van der Waals surface area contributed by atoms with Crippen molar-refractivity contribution in [2.45, 2.75) is 18.8 Å². The van der Waals surface area contributed by atoms with E-state index < -0.39 is 18.4 Å². The molecule has 0 saturated carbocycles. The predicted molar refractivity (Wildman–Crippen MR) is 52.3 cm³/mol. The highest BCUT2D eigenvalue weighted by atomic mass is 16.7. The van der Waals surface area contributed by atoms with Crippen LogP contribution in [-0.2, 0) is 14.3 Å². The van der Waals surface area contributed by atoms with E-state index >= 15 is 0 Å². The molecule has 1 aliphatic rings. The minimum atomic E-state index is -0.931. The summed E-state index contributed by atoms with van der Waals surface area (Å²) in [5, 5.41) is 8.82. The third kappa shape index (κ3) is 2.34. The Kier molecular flexibility index (Phi) is 2.99. The van der Waals surface area contributed by atoms with Crippen molar-refractivity contribution in [3.63, 3.8) is 0 Å². The molecule has 0 radical (unpaired) electrons. The van der Waals surface area contributed by atoms with E-state index in [1.807, 2.05) is 30.3 Å². The first-order valence-electron chi connectivity index (χ1n) is 4.82. The van der Waals surface area contributed by atoms with Gasteiger partial charge in [-0.3, -0.25) is 0 Å². The van der Waals surface area contributed by atoms with Gasteiger partial charge in [-0.05, 0) is 0 Å². The van der Waals surface area contributed by atoms with Crippen LogP contribution in [0.2, 0.25) is 0 Å². The summed E-state index contributed by atoms with van der Waals surface area (Å²) in [7, 11) is 0. The Balaban J connectivity index is 2.08. The summed E-state index contributed by atoms with van der Waals surface area (Å²) in [4.78, 5) is 10.8. The zero-order valence-corrected chi connectivity index (χ0v) is 8.13. The third-order valence-corrected chi connectivity index (χ3v) is 2.28. The molecular weight excluding hydrogens is 196 g/mol. The quantitative estimate of drug-likeness (QED) is 0.801. The number of aliphatic carboxylic acids is 1. The molecule has 0 unspecified atom stereocenters. The van der Waals surface area contributed by atoms with Gasteiger partial charge in [0.15, 0.2) is 12.4 Å². The van der Waals surface area contributed by atoms with E-state index in [2.05, 4.69) is 0 Å². The highest BCUT2D eigenvalue weighted by Crippen LogP contribution is 2.25. The van der Waals surface area contributed by atoms with Gasteiger partial charge in [0.2, 0.25) is 0 Å². The summed E-state index contributed by atoms with van der Waals surface area (Å²) in [6.07, 6.45) is -0.913. The van der Waals surface area contributed by atoms with Gasteiger partial charge in [-0.2, -0.15) is 0 Å². The van der Waals surface area contributed by atoms with Crippen LogP contribution in [0.3, 0.4) is 0 Å². The highest BCUT2D eigenvalue weighted by molar-refractivity contribution is 5.72. The molecule has 15 heavy (non-hydrogen) atoms. The Bertz CT molecular complexity index is 336. The first-order valence-corrected chi connectivity index (χ1v) is 4.82. The lowest BCUT2D eigenvalue weighted by molar-refractivity contribution is -0.224. The van der Waals surface area contributed by atoms with E-state index in [0.29, 0.717) is 13.0 Å². The molecule has 1 aromatic rings. The van der Waals surface area contributed by atoms with Crippen molar-refractivity contribution in [1.29, 1.82) is 0 Å². The van der Waals surface area contributed by atoms with E-state index in [9.17, 15) is 4.79 Å². The number of rotatable bonds is 2. The molecule has 80 valence electrons. The Morgan fingerprint density at radius 1 is 1.33 bits per heavy atom. The summed E-state index contributed by atoms with van der Waals surface area (Å²) < 4.78 is 10.7. The maximum atomic E-state index is 10.8. The fraction of sp³-hybridized carbons (Fsp3) is 0.364.